The quantitative estimate of drug-likeness (QED) is 0.927. The van der Waals surface area contributed by atoms with Crippen molar-refractivity contribution >= 4 is 15.7 Å². The van der Waals surface area contributed by atoms with E-state index in [2.05, 4.69) is 5.32 Å². The first-order chi connectivity index (χ1) is 9.36. The Morgan fingerprint density at radius 2 is 2.20 bits per heavy atom. The molecule has 1 aromatic rings. The van der Waals surface area contributed by atoms with Crippen LogP contribution in [-0.4, -0.2) is 38.6 Å². The Hall–Kier alpha value is -1.14. The smallest absolute Gasteiger partial charge is 0.211 e. The van der Waals surface area contributed by atoms with Gasteiger partial charge in [-0.3, -0.25) is 0 Å². The van der Waals surface area contributed by atoms with Gasteiger partial charge in [0.15, 0.2) is 0 Å². The molecule has 1 unspecified atom stereocenters. The number of piperidine rings is 1. The molecule has 1 aliphatic rings. The largest absolute Gasteiger partial charge is 0.385 e. The van der Waals surface area contributed by atoms with Gasteiger partial charge < -0.3 is 5.32 Å². The van der Waals surface area contributed by atoms with Crippen LogP contribution in [0.15, 0.2) is 18.2 Å². The second-order valence-electron chi connectivity index (χ2n) is 5.47. The third-order valence-corrected chi connectivity index (χ3v) is 4.97. The summed E-state index contributed by atoms with van der Waals surface area (Å²) in [5.41, 5.74) is 1.48. The molecule has 0 aliphatic carbocycles. The Kier molecular flexibility index (Phi) is 4.65. The standard InChI is InChI=1S/C14H21FN2O2S/c1-11-8-13(5-6-14(11)15)16-9-12-4-3-7-17(10-12)20(2,18)19/h5-6,8,12,16H,3-4,7,9-10H2,1-2H3. The predicted octanol–water partition coefficient (Wildman–Crippen LogP) is 2.22. The summed E-state index contributed by atoms with van der Waals surface area (Å²) in [6.07, 6.45) is 3.16. The van der Waals surface area contributed by atoms with Gasteiger partial charge in [-0.25, -0.2) is 17.1 Å². The van der Waals surface area contributed by atoms with Crippen LogP contribution in [0.4, 0.5) is 10.1 Å². The van der Waals surface area contributed by atoms with Crippen molar-refractivity contribution in [2.24, 2.45) is 5.92 Å². The fourth-order valence-corrected chi connectivity index (χ4v) is 3.45. The van der Waals surface area contributed by atoms with Crippen LogP contribution in [0.2, 0.25) is 0 Å². The molecule has 0 spiro atoms. The lowest BCUT2D eigenvalue weighted by atomic mass is 9.99. The minimum atomic E-state index is -3.10. The van der Waals surface area contributed by atoms with Crippen molar-refractivity contribution in [2.45, 2.75) is 19.8 Å². The van der Waals surface area contributed by atoms with Crippen molar-refractivity contribution in [3.63, 3.8) is 0 Å². The van der Waals surface area contributed by atoms with Gasteiger partial charge in [0.05, 0.1) is 6.26 Å². The van der Waals surface area contributed by atoms with Crippen LogP contribution in [0.1, 0.15) is 18.4 Å². The number of anilines is 1. The van der Waals surface area contributed by atoms with Crippen LogP contribution in [0.3, 0.4) is 0 Å². The Balaban J connectivity index is 1.92. The van der Waals surface area contributed by atoms with Gasteiger partial charge in [0.2, 0.25) is 10.0 Å². The number of hydrogen-bond acceptors (Lipinski definition) is 3. The summed E-state index contributed by atoms with van der Waals surface area (Å²) < 4.78 is 37.8. The summed E-state index contributed by atoms with van der Waals surface area (Å²) in [7, 11) is -3.10. The first-order valence-corrected chi connectivity index (χ1v) is 8.66. The minimum absolute atomic E-state index is 0.212. The van der Waals surface area contributed by atoms with E-state index in [0.717, 1.165) is 18.5 Å². The van der Waals surface area contributed by atoms with Crippen molar-refractivity contribution in [2.75, 3.05) is 31.2 Å². The number of benzene rings is 1. The number of nitrogens with zero attached hydrogens (tertiary/aromatic N) is 1. The molecule has 1 N–H and O–H groups in total. The molecule has 0 bridgehead atoms. The van der Waals surface area contributed by atoms with Crippen molar-refractivity contribution in [1.82, 2.24) is 4.31 Å². The molecule has 1 aromatic carbocycles. The number of nitrogens with one attached hydrogen (secondary N) is 1. The first-order valence-electron chi connectivity index (χ1n) is 6.81. The third kappa shape index (κ3) is 3.93. The second kappa shape index (κ2) is 6.10. The van der Waals surface area contributed by atoms with E-state index in [0.29, 0.717) is 31.1 Å². The Morgan fingerprint density at radius 1 is 1.45 bits per heavy atom. The lowest BCUT2D eigenvalue weighted by Crippen LogP contribution is -2.41. The van der Waals surface area contributed by atoms with Crippen LogP contribution in [0, 0.1) is 18.7 Å². The lowest BCUT2D eigenvalue weighted by Gasteiger charge is -2.31. The van der Waals surface area contributed by atoms with Gasteiger partial charge in [0.1, 0.15) is 5.82 Å². The molecule has 0 amide bonds. The number of halogens is 1. The van der Waals surface area contributed by atoms with Crippen molar-refractivity contribution in [1.29, 1.82) is 0 Å². The van der Waals surface area contributed by atoms with Crippen LogP contribution < -0.4 is 5.32 Å². The van der Waals surface area contributed by atoms with Crippen LogP contribution in [-0.2, 0) is 10.0 Å². The van der Waals surface area contributed by atoms with E-state index in [1.54, 1.807) is 23.4 Å². The Bertz CT molecular complexity index is 575. The molecule has 0 saturated carbocycles. The summed E-state index contributed by atoms with van der Waals surface area (Å²) >= 11 is 0. The van der Waals surface area contributed by atoms with E-state index < -0.39 is 10.0 Å². The zero-order chi connectivity index (χ0) is 14.8. The second-order valence-corrected chi connectivity index (χ2v) is 7.46. The van der Waals surface area contributed by atoms with Crippen LogP contribution >= 0.6 is 0 Å². The molecule has 1 fully saturated rings. The number of rotatable bonds is 4. The third-order valence-electron chi connectivity index (χ3n) is 3.70. The molecule has 1 atom stereocenters. The van der Waals surface area contributed by atoms with E-state index in [1.807, 2.05) is 0 Å². The molecule has 6 heteroatoms. The number of aryl methyl sites for hydroxylation is 1. The number of hydrogen-bond donors (Lipinski definition) is 1. The van der Waals surface area contributed by atoms with Crippen LogP contribution in [0.5, 0.6) is 0 Å². The summed E-state index contributed by atoms with van der Waals surface area (Å²) in [6.45, 7) is 3.61. The highest BCUT2D eigenvalue weighted by atomic mass is 32.2. The molecule has 2 rings (SSSR count). The van der Waals surface area contributed by atoms with Gasteiger partial charge in [-0.1, -0.05) is 0 Å². The first kappa shape index (κ1) is 15.3. The van der Waals surface area contributed by atoms with Gasteiger partial charge in [-0.15, -0.1) is 0 Å². The average Bonchev–Trinajstić information content (AvgIpc) is 2.39. The Labute approximate surface area is 120 Å². The SMILES string of the molecule is Cc1cc(NCC2CCCN(S(C)(=O)=O)C2)ccc1F. The monoisotopic (exact) mass is 300 g/mol. The number of sulfonamides is 1. The molecule has 4 nitrogen and oxygen atoms in total. The van der Waals surface area contributed by atoms with E-state index in [1.165, 1.54) is 12.3 Å². The average molecular weight is 300 g/mol. The molecule has 112 valence electrons. The zero-order valence-corrected chi connectivity index (χ0v) is 12.7. The highest BCUT2D eigenvalue weighted by molar-refractivity contribution is 7.88. The van der Waals surface area contributed by atoms with Gasteiger partial charge >= 0.3 is 0 Å². The molecular weight excluding hydrogens is 279 g/mol. The van der Waals surface area contributed by atoms with Crippen LogP contribution in [0.25, 0.3) is 0 Å². The molecule has 0 radical (unpaired) electrons. The fraction of sp³-hybridized carbons (Fsp3) is 0.571. The molecular formula is C14H21FN2O2S. The summed E-state index contributed by atoms with van der Waals surface area (Å²) in [5, 5.41) is 3.27. The molecule has 1 saturated heterocycles. The highest BCUT2D eigenvalue weighted by Gasteiger charge is 2.25. The molecule has 0 aromatic heterocycles. The maximum Gasteiger partial charge on any atom is 0.211 e. The van der Waals surface area contributed by atoms with E-state index in [4.69, 9.17) is 0 Å². The van der Waals surface area contributed by atoms with E-state index >= 15 is 0 Å². The van der Waals surface area contributed by atoms with Gasteiger partial charge in [-0.2, -0.15) is 0 Å². The summed E-state index contributed by atoms with van der Waals surface area (Å²) in [5.74, 6) is 0.0836. The molecule has 1 heterocycles. The van der Waals surface area contributed by atoms with Gasteiger partial charge in [0.25, 0.3) is 0 Å². The molecule has 20 heavy (non-hydrogen) atoms. The van der Waals surface area contributed by atoms with Crippen molar-refractivity contribution in [3.05, 3.63) is 29.6 Å². The lowest BCUT2D eigenvalue weighted by molar-refractivity contribution is 0.277. The summed E-state index contributed by atoms with van der Waals surface area (Å²) in [4.78, 5) is 0. The van der Waals surface area contributed by atoms with E-state index in [-0.39, 0.29) is 5.82 Å². The maximum atomic E-state index is 13.2. The normalized spacial score (nSPS) is 20.9. The summed E-state index contributed by atoms with van der Waals surface area (Å²) in [6, 6.07) is 4.92. The Morgan fingerprint density at radius 3 is 2.85 bits per heavy atom. The molecule has 1 aliphatic heterocycles. The van der Waals surface area contributed by atoms with Crippen molar-refractivity contribution < 1.29 is 12.8 Å². The van der Waals surface area contributed by atoms with Crippen molar-refractivity contribution in [3.8, 4) is 0 Å². The fourth-order valence-electron chi connectivity index (χ4n) is 2.51. The topological polar surface area (TPSA) is 49.4 Å². The highest BCUT2D eigenvalue weighted by Crippen LogP contribution is 2.20. The van der Waals surface area contributed by atoms with E-state index in [9.17, 15) is 12.8 Å². The van der Waals surface area contributed by atoms with Gasteiger partial charge in [0, 0.05) is 25.3 Å². The van der Waals surface area contributed by atoms with Gasteiger partial charge in [-0.05, 0) is 49.4 Å². The maximum absolute atomic E-state index is 13.2. The zero-order valence-electron chi connectivity index (χ0n) is 11.9. The minimum Gasteiger partial charge on any atom is -0.385 e. The predicted molar refractivity (Wildman–Crippen MR) is 78.8 cm³/mol.